The smallest absolute Gasteiger partial charge is 0.290 e. The van der Waals surface area contributed by atoms with Crippen LogP contribution < -0.4 is 5.32 Å². The molecular formula is C17H17ClN2O3. The fourth-order valence-electron chi connectivity index (χ4n) is 2.63. The molecule has 120 valence electrons. The van der Waals surface area contributed by atoms with Gasteiger partial charge in [-0.15, -0.1) is 0 Å². The fraction of sp³-hybridized carbons (Fsp3) is 0.294. The number of hydrogen-bond acceptors (Lipinski definition) is 3. The van der Waals surface area contributed by atoms with Crippen LogP contribution >= 0.6 is 11.6 Å². The number of carbonyl (C=O) groups excluding carboxylic acids is 2. The van der Waals surface area contributed by atoms with E-state index in [4.69, 9.17) is 16.0 Å². The first-order valence-electron chi connectivity index (χ1n) is 7.39. The molecule has 2 aromatic rings. The maximum atomic E-state index is 12.5. The van der Waals surface area contributed by atoms with Gasteiger partial charge < -0.3 is 14.6 Å². The van der Waals surface area contributed by atoms with E-state index in [1.54, 1.807) is 36.1 Å². The van der Waals surface area contributed by atoms with E-state index in [0.29, 0.717) is 24.5 Å². The van der Waals surface area contributed by atoms with E-state index in [2.05, 4.69) is 5.32 Å². The van der Waals surface area contributed by atoms with Crippen molar-refractivity contribution in [1.82, 2.24) is 10.2 Å². The number of nitrogens with one attached hydrogen (secondary N) is 1. The average molecular weight is 333 g/mol. The zero-order valence-electron chi connectivity index (χ0n) is 12.7. The predicted octanol–water partition coefficient (Wildman–Crippen LogP) is 2.85. The van der Waals surface area contributed by atoms with Gasteiger partial charge >= 0.3 is 0 Å². The van der Waals surface area contributed by atoms with Crippen molar-refractivity contribution in [1.29, 1.82) is 0 Å². The first kappa shape index (κ1) is 15.6. The van der Waals surface area contributed by atoms with Gasteiger partial charge in [-0.05, 0) is 43.2 Å². The molecule has 0 radical (unpaired) electrons. The summed E-state index contributed by atoms with van der Waals surface area (Å²) in [4.78, 5) is 26.4. The van der Waals surface area contributed by atoms with Crippen molar-refractivity contribution in [2.24, 2.45) is 0 Å². The minimum absolute atomic E-state index is 0.168. The van der Waals surface area contributed by atoms with Crippen LogP contribution in [0.5, 0.6) is 0 Å². The number of hydrogen-bond donors (Lipinski definition) is 1. The van der Waals surface area contributed by atoms with Crippen molar-refractivity contribution in [2.45, 2.75) is 25.4 Å². The normalized spacial score (nSPS) is 20.0. The molecule has 1 aliphatic rings. The van der Waals surface area contributed by atoms with Gasteiger partial charge in [-0.2, -0.15) is 0 Å². The molecule has 1 unspecified atom stereocenters. The van der Waals surface area contributed by atoms with Gasteiger partial charge in [-0.25, -0.2) is 0 Å². The molecule has 2 amide bonds. The Labute approximate surface area is 139 Å². The van der Waals surface area contributed by atoms with Crippen LogP contribution in [-0.2, 0) is 11.3 Å². The minimum atomic E-state index is -0.837. The molecule has 1 saturated heterocycles. The molecule has 0 aliphatic carbocycles. The van der Waals surface area contributed by atoms with Crippen LogP contribution in [0.15, 0.2) is 47.1 Å². The number of halogens is 1. The molecule has 1 aliphatic heterocycles. The van der Waals surface area contributed by atoms with Crippen molar-refractivity contribution in [3.05, 3.63) is 59.0 Å². The predicted molar refractivity (Wildman–Crippen MR) is 86.1 cm³/mol. The molecule has 0 bridgehead atoms. The second kappa shape index (κ2) is 6.08. The number of amides is 2. The van der Waals surface area contributed by atoms with Gasteiger partial charge in [0.2, 0.25) is 5.91 Å². The lowest BCUT2D eigenvalue weighted by Gasteiger charge is -2.48. The highest BCUT2D eigenvalue weighted by Gasteiger charge is 2.50. The average Bonchev–Trinajstić information content (AvgIpc) is 3.06. The molecule has 1 aromatic heterocycles. The summed E-state index contributed by atoms with van der Waals surface area (Å²) < 4.78 is 5.13. The van der Waals surface area contributed by atoms with Crippen molar-refractivity contribution in [3.63, 3.8) is 0 Å². The summed E-state index contributed by atoms with van der Waals surface area (Å²) >= 11 is 5.84. The summed E-state index contributed by atoms with van der Waals surface area (Å²) in [5.74, 6) is -0.176. The highest BCUT2D eigenvalue weighted by atomic mass is 35.5. The summed E-state index contributed by atoms with van der Waals surface area (Å²) in [5.41, 5.74) is 0.116. The van der Waals surface area contributed by atoms with E-state index < -0.39 is 5.54 Å². The third kappa shape index (κ3) is 2.97. The Bertz CT molecular complexity index is 712. The standard InChI is InChI=1S/C17H17ClN2O3/c1-17(8-9-20(17)15(21)14-3-2-10-23-14)16(22)19-11-12-4-6-13(18)7-5-12/h2-7,10H,8-9,11H2,1H3,(H,19,22). The van der Waals surface area contributed by atoms with Crippen LogP contribution in [0.1, 0.15) is 29.5 Å². The van der Waals surface area contributed by atoms with E-state index in [9.17, 15) is 9.59 Å². The molecule has 3 rings (SSSR count). The zero-order chi connectivity index (χ0) is 16.4. The lowest BCUT2D eigenvalue weighted by molar-refractivity contribution is -0.137. The Hall–Kier alpha value is -2.27. The highest BCUT2D eigenvalue weighted by Crippen LogP contribution is 2.32. The molecule has 1 fully saturated rings. The van der Waals surface area contributed by atoms with Crippen LogP contribution in [0, 0.1) is 0 Å². The first-order chi connectivity index (χ1) is 11.0. The van der Waals surface area contributed by atoms with Crippen LogP contribution in [0.3, 0.4) is 0 Å². The second-order valence-electron chi connectivity index (χ2n) is 5.77. The monoisotopic (exact) mass is 332 g/mol. The Balaban J connectivity index is 1.64. The Morgan fingerprint density at radius 1 is 1.30 bits per heavy atom. The molecule has 23 heavy (non-hydrogen) atoms. The molecule has 2 heterocycles. The summed E-state index contributed by atoms with van der Waals surface area (Å²) in [5, 5.41) is 3.54. The summed E-state index contributed by atoms with van der Waals surface area (Å²) in [6, 6.07) is 10.5. The number of carbonyl (C=O) groups is 2. The van der Waals surface area contributed by atoms with Crippen molar-refractivity contribution >= 4 is 23.4 Å². The van der Waals surface area contributed by atoms with Crippen LogP contribution in [0.2, 0.25) is 5.02 Å². The summed E-state index contributed by atoms with van der Waals surface area (Å²) in [6.45, 7) is 2.72. The Morgan fingerprint density at radius 2 is 2.04 bits per heavy atom. The number of likely N-dealkylation sites (tertiary alicyclic amines) is 1. The van der Waals surface area contributed by atoms with Crippen LogP contribution in [0.4, 0.5) is 0 Å². The fourth-order valence-corrected chi connectivity index (χ4v) is 2.76. The maximum Gasteiger partial charge on any atom is 0.290 e. The molecule has 0 saturated carbocycles. The maximum absolute atomic E-state index is 12.5. The van der Waals surface area contributed by atoms with Gasteiger partial charge in [0.05, 0.1) is 6.26 Å². The van der Waals surface area contributed by atoms with Gasteiger partial charge in [0.1, 0.15) is 5.54 Å². The van der Waals surface area contributed by atoms with Crippen LogP contribution in [0.25, 0.3) is 0 Å². The largest absolute Gasteiger partial charge is 0.459 e. The Morgan fingerprint density at radius 3 is 2.61 bits per heavy atom. The second-order valence-corrected chi connectivity index (χ2v) is 6.20. The van der Waals surface area contributed by atoms with Gasteiger partial charge in [0, 0.05) is 18.1 Å². The third-order valence-electron chi connectivity index (χ3n) is 4.25. The number of furan rings is 1. The lowest BCUT2D eigenvalue weighted by atomic mass is 9.85. The molecule has 5 nitrogen and oxygen atoms in total. The number of benzene rings is 1. The van der Waals surface area contributed by atoms with Gasteiger partial charge in [-0.3, -0.25) is 9.59 Å². The summed E-state index contributed by atoms with van der Waals surface area (Å²) in [6.07, 6.45) is 2.08. The molecule has 1 N–H and O–H groups in total. The molecule has 1 aromatic carbocycles. The number of rotatable bonds is 4. The molecule has 6 heteroatoms. The minimum Gasteiger partial charge on any atom is -0.459 e. The summed E-state index contributed by atoms with van der Waals surface area (Å²) in [7, 11) is 0. The van der Waals surface area contributed by atoms with Crippen molar-refractivity contribution < 1.29 is 14.0 Å². The van der Waals surface area contributed by atoms with Gasteiger partial charge in [-0.1, -0.05) is 23.7 Å². The first-order valence-corrected chi connectivity index (χ1v) is 7.77. The van der Waals surface area contributed by atoms with E-state index >= 15 is 0 Å². The molecule has 0 spiro atoms. The van der Waals surface area contributed by atoms with E-state index in [0.717, 1.165) is 5.56 Å². The lowest BCUT2D eigenvalue weighted by Crippen LogP contribution is -2.67. The topological polar surface area (TPSA) is 62.6 Å². The van der Waals surface area contributed by atoms with E-state index in [1.165, 1.54) is 6.26 Å². The highest BCUT2D eigenvalue weighted by molar-refractivity contribution is 6.30. The Kier molecular flexibility index (Phi) is 4.13. The SMILES string of the molecule is CC1(C(=O)NCc2ccc(Cl)cc2)CCN1C(=O)c1ccco1. The molecule has 1 atom stereocenters. The van der Waals surface area contributed by atoms with Crippen LogP contribution in [-0.4, -0.2) is 28.8 Å². The molecular weight excluding hydrogens is 316 g/mol. The van der Waals surface area contributed by atoms with E-state index in [-0.39, 0.29) is 17.6 Å². The third-order valence-corrected chi connectivity index (χ3v) is 4.50. The zero-order valence-corrected chi connectivity index (χ0v) is 13.5. The van der Waals surface area contributed by atoms with E-state index in [1.807, 2.05) is 12.1 Å². The van der Waals surface area contributed by atoms with Crippen molar-refractivity contribution in [2.75, 3.05) is 6.54 Å². The van der Waals surface area contributed by atoms with Gasteiger partial charge in [0.25, 0.3) is 5.91 Å². The van der Waals surface area contributed by atoms with Gasteiger partial charge in [0.15, 0.2) is 5.76 Å². The van der Waals surface area contributed by atoms with Crippen molar-refractivity contribution in [3.8, 4) is 0 Å². The quantitative estimate of drug-likeness (QED) is 0.936. The number of nitrogens with zero attached hydrogens (tertiary/aromatic N) is 1.